The van der Waals surface area contributed by atoms with E-state index >= 15 is 0 Å². The summed E-state index contributed by atoms with van der Waals surface area (Å²) >= 11 is 0. The Kier molecular flexibility index (Phi) is 6.41. The molecule has 0 aliphatic carbocycles. The van der Waals surface area contributed by atoms with E-state index in [0.29, 0.717) is 5.56 Å². The van der Waals surface area contributed by atoms with Crippen LogP contribution in [-0.4, -0.2) is 29.7 Å². The maximum atomic E-state index is 12.6. The number of carbonyl (C=O) groups is 2. The number of hydrogen-bond acceptors (Lipinski definition) is 4. The minimum absolute atomic E-state index is 0.00811. The van der Waals surface area contributed by atoms with E-state index in [9.17, 15) is 22.8 Å². The fourth-order valence-electron chi connectivity index (χ4n) is 2.36. The average Bonchev–Trinajstić information content (AvgIpc) is 2.65. The van der Waals surface area contributed by atoms with Crippen LogP contribution in [-0.2, 0) is 17.5 Å². The average molecular weight is 411 g/mol. The number of rotatable bonds is 7. The Balaban J connectivity index is 2.15. The lowest BCUT2D eigenvalue weighted by Gasteiger charge is -2.22. The van der Waals surface area contributed by atoms with Crippen molar-refractivity contribution in [2.24, 2.45) is 0 Å². The molecule has 0 aliphatic heterocycles. The van der Waals surface area contributed by atoms with Gasteiger partial charge in [-0.1, -0.05) is 12.1 Å². The Bertz CT molecular complexity index is 892. The number of nitrogens with one attached hydrogen (secondary N) is 1. The molecule has 2 aromatic rings. The number of amides is 1. The minimum atomic E-state index is -4.43. The van der Waals surface area contributed by atoms with Crippen molar-refractivity contribution in [2.75, 3.05) is 7.11 Å². The predicted molar refractivity (Wildman–Crippen MR) is 98.0 cm³/mol. The van der Waals surface area contributed by atoms with Crippen molar-refractivity contribution in [2.45, 2.75) is 32.2 Å². The highest BCUT2D eigenvalue weighted by Crippen LogP contribution is 2.29. The molecule has 0 aromatic heterocycles. The molecule has 0 atom stereocenters. The van der Waals surface area contributed by atoms with Crippen LogP contribution in [0.3, 0.4) is 0 Å². The molecule has 29 heavy (non-hydrogen) atoms. The molecular weight excluding hydrogens is 391 g/mol. The SMILES string of the molecule is COc1ccc(OC(C)(C)C(=O)O)cc1C(=O)NCc1ccc(C(F)(F)F)cc1. The first-order chi connectivity index (χ1) is 13.4. The van der Waals surface area contributed by atoms with E-state index < -0.39 is 29.2 Å². The second kappa shape index (κ2) is 8.42. The summed E-state index contributed by atoms with van der Waals surface area (Å²) in [6, 6.07) is 8.68. The number of halogens is 3. The zero-order valence-corrected chi connectivity index (χ0v) is 16.0. The molecule has 1 amide bonds. The van der Waals surface area contributed by atoms with Crippen LogP contribution in [0.25, 0.3) is 0 Å². The van der Waals surface area contributed by atoms with Gasteiger partial charge in [0.2, 0.25) is 0 Å². The van der Waals surface area contributed by atoms with Crippen molar-refractivity contribution in [3.63, 3.8) is 0 Å². The molecule has 0 spiro atoms. The number of hydrogen-bond donors (Lipinski definition) is 2. The summed E-state index contributed by atoms with van der Waals surface area (Å²) in [7, 11) is 1.36. The van der Waals surface area contributed by atoms with Gasteiger partial charge in [0.1, 0.15) is 11.5 Å². The molecule has 0 fully saturated rings. The molecule has 0 aliphatic rings. The molecule has 0 bridgehead atoms. The van der Waals surface area contributed by atoms with Crippen LogP contribution < -0.4 is 14.8 Å². The summed E-state index contributed by atoms with van der Waals surface area (Å²) in [4.78, 5) is 23.7. The maximum Gasteiger partial charge on any atom is 0.416 e. The Morgan fingerprint density at radius 3 is 2.21 bits per heavy atom. The highest BCUT2D eigenvalue weighted by Gasteiger charge is 2.30. The first-order valence-electron chi connectivity index (χ1n) is 8.49. The molecule has 9 heteroatoms. The number of carbonyl (C=O) groups excluding carboxylic acids is 1. The Morgan fingerprint density at radius 1 is 1.07 bits per heavy atom. The summed E-state index contributed by atoms with van der Waals surface area (Å²) in [5.74, 6) is -1.35. The molecule has 0 radical (unpaired) electrons. The van der Waals surface area contributed by atoms with Crippen molar-refractivity contribution in [3.8, 4) is 11.5 Å². The predicted octanol–water partition coefficient (Wildman–Crippen LogP) is 3.89. The Labute approximate surface area is 165 Å². The van der Waals surface area contributed by atoms with Crippen LogP contribution in [0.1, 0.15) is 35.3 Å². The van der Waals surface area contributed by atoms with E-state index in [1.165, 1.54) is 51.3 Å². The summed E-state index contributed by atoms with van der Waals surface area (Å²) < 4.78 is 48.4. The first-order valence-corrected chi connectivity index (χ1v) is 8.49. The lowest BCUT2D eigenvalue weighted by atomic mass is 10.1. The van der Waals surface area contributed by atoms with Crippen LogP contribution in [0, 0.1) is 0 Å². The fourth-order valence-corrected chi connectivity index (χ4v) is 2.36. The van der Waals surface area contributed by atoms with Gasteiger partial charge >= 0.3 is 12.1 Å². The van der Waals surface area contributed by atoms with Crippen molar-refractivity contribution < 1.29 is 37.3 Å². The molecule has 2 N–H and O–H groups in total. The lowest BCUT2D eigenvalue weighted by Crippen LogP contribution is -2.38. The highest BCUT2D eigenvalue weighted by atomic mass is 19.4. The van der Waals surface area contributed by atoms with Crippen molar-refractivity contribution in [1.29, 1.82) is 0 Å². The van der Waals surface area contributed by atoms with E-state index in [-0.39, 0.29) is 23.6 Å². The molecule has 0 saturated carbocycles. The Hall–Kier alpha value is -3.23. The molecular formula is C20H20F3NO5. The van der Waals surface area contributed by atoms with Gasteiger partial charge in [0, 0.05) is 6.54 Å². The molecule has 2 aromatic carbocycles. The number of aliphatic carboxylic acids is 1. The van der Waals surface area contributed by atoms with Gasteiger partial charge in [-0.05, 0) is 49.7 Å². The van der Waals surface area contributed by atoms with E-state index in [2.05, 4.69) is 5.32 Å². The third-order valence-corrected chi connectivity index (χ3v) is 4.04. The first kappa shape index (κ1) is 22.1. The van der Waals surface area contributed by atoms with E-state index in [1.54, 1.807) is 0 Å². The van der Waals surface area contributed by atoms with Gasteiger partial charge in [-0.3, -0.25) is 4.79 Å². The fraction of sp³-hybridized carbons (Fsp3) is 0.300. The van der Waals surface area contributed by atoms with Crippen molar-refractivity contribution in [1.82, 2.24) is 5.32 Å². The summed E-state index contributed by atoms with van der Waals surface area (Å²) in [6.45, 7) is 2.72. The van der Waals surface area contributed by atoms with Gasteiger partial charge in [0.15, 0.2) is 5.60 Å². The van der Waals surface area contributed by atoms with Gasteiger partial charge in [-0.2, -0.15) is 13.2 Å². The van der Waals surface area contributed by atoms with E-state index in [1.807, 2.05) is 0 Å². The minimum Gasteiger partial charge on any atom is -0.496 e. The largest absolute Gasteiger partial charge is 0.496 e. The van der Waals surface area contributed by atoms with Crippen molar-refractivity contribution >= 4 is 11.9 Å². The maximum absolute atomic E-state index is 12.6. The van der Waals surface area contributed by atoms with Gasteiger partial charge in [0.25, 0.3) is 5.91 Å². The zero-order valence-electron chi connectivity index (χ0n) is 16.0. The van der Waals surface area contributed by atoms with E-state index in [0.717, 1.165) is 12.1 Å². The van der Waals surface area contributed by atoms with Crippen LogP contribution in [0.4, 0.5) is 13.2 Å². The van der Waals surface area contributed by atoms with Gasteiger partial charge in [0.05, 0.1) is 18.2 Å². The molecule has 0 unspecified atom stereocenters. The Morgan fingerprint density at radius 2 is 1.69 bits per heavy atom. The topological polar surface area (TPSA) is 84.9 Å². The van der Waals surface area contributed by atoms with Crippen LogP contribution in [0.15, 0.2) is 42.5 Å². The van der Waals surface area contributed by atoms with Crippen LogP contribution in [0.2, 0.25) is 0 Å². The van der Waals surface area contributed by atoms with Crippen molar-refractivity contribution in [3.05, 3.63) is 59.2 Å². The summed E-state index contributed by atoms with van der Waals surface area (Å²) in [5.41, 5.74) is -1.72. The standard InChI is InChI=1S/C20H20F3NO5/c1-19(2,18(26)27)29-14-8-9-16(28-3)15(10-14)17(25)24-11-12-4-6-13(7-5-12)20(21,22)23/h4-10H,11H2,1-3H3,(H,24,25)(H,26,27). The normalized spacial score (nSPS) is 11.7. The number of methoxy groups -OCH3 is 1. The smallest absolute Gasteiger partial charge is 0.416 e. The second-order valence-corrected chi connectivity index (χ2v) is 6.66. The summed E-state index contributed by atoms with van der Waals surface area (Å²) in [6.07, 6.45) is -4.43. The third kappa shape index (κ3) is 5.63. The van der Waals surface area contributed by atoms with E-state index in [4.69, 9.17) is 14.6 Å². The van der Waals surface area contributed by atoms with Gasteiger partial charge < -0.3 is 19.9 Å². The lowest BCUT2D eigenvalue weighted by molar-refractivity contribution is -0.152. The number of carboxylic acids is 1. The third-order valence-electron chi connectivity index (χ3n) is 4.04. The molecule has 0 heterocycles. The molecule has 156 valence electrons. The van der Waals surface area contributed by atoms with Crippen LogP contribution in [0.5, 0.6) is 11.5 Å². The number of benzene rings is 2. The molecule has 0 saturated heterocycles. The number of alkyl halides is 3. The second-order valence-electron chi connectivity index (χ2n) is 6.66. The number of ether oxygens (including phenoxy) is 2. The quantitative estimate of drug-likeness (QED) is 0.722. The highest BCUT2D eigenvalue weighted by molar-refractivity contribution is 5.97. The monoisotopic (exact) mass is 411 g/mol. The molecule has 2 rings (SSSR count). The summed E-state index contributed by atoms with van der Waals surface area (Å²) in [5, 5.41) is 11.8. The van der Waals surface area contributed by atoms with Gasteiger partial charge in [-0.25, -0.2) is 4.79 Å². The van der Waals surface area contributed by atoms with Crippen LogP contribution >= 0.6 is 0 Å². The zero-order chi connectivity index (χ0) is 21.8. The molecule has 6 nitrogen and oxygen atoms in total. The van der Waals surface area contributed by atoms with Gasteiger partial charge in [-0.15, -0.1) is 0 Å². The number of carboxylic acid groups (broad SMARTS) is 1.